The van der Waals surface area contributed by atoms with E-state index in [-0.39, 0.29) is 35.3 Å². The van der Waals surface area contributed by atoms with Crippen LogP contribution in [0.3, 0.4) is 0 Å². The number of likely N-dealkylation sites (N-methyl/N-ethyl adjacent to an activating group) is 1. The maximum absolute atomic E-state index is 13.0. The minimum absolute atomic E-state index is 0.0162. The monoisotopic (exact) mass is 385 g/mol. The van der Waals surface area contributed by atoms with Gasteiger partial charge in [0.2, 0.25) is 10.0 Å². The molecule has 0 saturated carbocycles. The van der Waals surface area contributed by atoms with Crippen LogP contribution in [0.2, 0.25) is 0 Å². The van der Waals surface area contributed by atoms with Crippen LogP contribution in [-0.2, 0) is 14.8 Å². The average molecular weight is 385 g/mol. The molecule has 1 aliphatic rings. The van der Waals surface area contributed by atoms with Crippen LogP contribution >= 0.6 is 0 Å². The average Bonchev–Trinajstić information content (AvgIpc) is 2.80. The summed E-state index contributed by atoms with van der Waals surface area (Å²) in [6.07, 6.45) is 1.81. The Balaban J connectivity index is 2.22. The molecule has 0 aromatic heterocycles. The van der Waals surface area contributed by atoms with Gasteiger partial charge in [-0.15, -0.1) is 0 Å². The van der Waals surface area contributed by atoms with Gasteiger partial charge >= 0.3 is 5.97 Å². The van der Waals surface area contributed by atoms with Gasteiger partial charge in [-0.1, -0.05) is 6.07 Å². The summed E-state index contributed by atoms with van der Waals surface area (Å²) in [5.74, 6) is -0.923. The van der Waals surface area contributed by atoms with E-state index in [0.29, 0.717) is 25.8 Å². The molecule has 2 rings (SSSR count). The highest BCUT2D eigenvalue weighted by molar-refractivity contribution is 7.89. The first-order valence-electron chi connectivity index (χ1n) is 8.30. The smallest absolute Gasteiger partial charge is 0.317 e. The highest BCUT2D eigenvalue weighted by Gasteiger charge is 2.31. The molecular formula is C16H23N3O6S. The molecule has 10 heteroatoms. The third-order valence-electron chi connectivity index (χ3n) is 4.73. The third-order valence-corrected chi connectivity index (χ3v) is 6.78. The minimum Gasteiger partial charge on any atom is -0.480 e. The Morgan fingerprint density at radius 3 is 2.69 bits per heavy atom. The van der Waals surface area contributed by atoms with Crippen molar-refractivity contribution < 1.29 is 23.2 Å². The van der Waals surface area contributed by atoms with Crippen molar-refractivity contribution in [2.45, 2.75) is 37.1 Å². The van der Waals surface area contributed by atoms with Gasteiger partial charge in [0.1, 0.15) is 0 Å². The van der Waals surface area contributed by atoms with Gasteiger partial charge in [0.15, 0.2) is 0 Å². The quantitative estimate of drug-likeness (QED) is 0.581. The molecule has 0 bridgehead atoms. The summed E-state index contributed by atoms with van der Waals surface area (Å²) in [7, 11) is -2.13. The van der Waals surface area contributed by atoms with Gasteiger partial charge in [0, 0.05) is 30.8 Å². The fourth-order valence-electron chi connectivity index (χ4n) is 3.30. The molecule has 26 heavy (non-hydrogen) atoms. The number of carboxylic acid groups (broad SMARTS) is 1. The molecule has 0 spiro atoms. The summed E-state index contributed by atoms with van der Waals surface area (Å²) in [6.45, 7) is 1.90. The van der Waals surface area contributed by atoms with Gasteiger partial charge in [0.25, 0.3) is 5.69 Å². The zero-order chi connectivity index (χ0) is 19.5. The van der Waals surface area contributed by atoms with Crippen LogP contribution in [0.25, 0.3) is 0 Å². The number of nitrogens with zero attached hydrogens (tertiary/aromatic N) is 3. The molecule has 1 aromatic rings. The molecule has 9 nitrogen and oxygen atoms in total. The van der Waals surface area contributed by atoms with Gasteiger partial charge in [-0.05, 0) is 39.3 Å². The standard InChI is InChI=1S/C16H23N3O6S/c1-12-14(19(22)23)6-3-7-15(12)26(24,25)18-9-4-5-13(8-10-18)17(2)11-16(20)21/h3,6-7,13H,4-5,8-11H2,1-2H3,(H,20,21). The number of aliphatic carboxylic acids is 1. The first kappa shape index (κ1) is 20.3. The van der Waals surface area contributed by atoms with Crippen molar-refractivity contribution in [3.05, 3.63) is 33.9 Å². The highest BCUT2D eigenvalue weighted by Crippen LogP contribution is 2.29. The number of hydrogen-bond acceptors (Lipinski definition) is 6. The van der Waals surface area contributed by atoms with E-state index in [1.807, 2.05) is 0 Å². The molecule has 0 radical (unpaired) electrons. The molecule has 1 N–H and O–H groups in total. The number of carbonyl (C=O) groups is 1. The maximum Gasteiger partial charge on any atom is 0.317 e. The number of nitro groups is 1. The number of hydrogen-bond donors (Lipinski definition) is 1. The molecule has 1 aliphatic heterocycles. The van der Waals surface area contributed by atoms with Crippen molar-refractivity contribution in [3.8, 4) is 0 Å². The summed E-state index contributed by atoms with van der Waals surface area (Å²) in [5.41, 5.74) is -0.0961. The van der Waals surface area contributed by atoms with Gasteiger partial charge in [-0.2, -0.15) is 4.31 Å². The van der Waals surface area contributed by atoms with Gasteiger partial charge < -0.3 is 5.11 Å². The Kier molecular flexibility index (Phi) is 6.32. The second kappa shape index (κ2) is 8.11. The predicted octanol–water partition coefficient (Wildman–Crippen LogP) is 1.46. The summed E-state index contributed by atoms with van der Waals surface area (Å²) in [5, 5.41) is 20.0. The van der Waals surface area contributed by atoms with Gasteiger partial charge in [-0.25, -0.2) is 8.42 Å². The first-order chi connectivity index (χ1) is 12.1. The Bertz CT molecular complexity index is 795. The van der Waals surface area contributed by atoms with Crippen molar-refractivity contribution in [2.24, 2.45) is 0 Å². The van der Waals surface area contributed by atoms with Crippen molar-refractivity contribution in [1.82, 2.24) is 9.21 Å². The Labute approximate surface area is 152 Å². The van der Waals surface area contributed by atoms with E-state index in [1.165, 1.54) is 29.4 Å². The van der Waals surface area contributed by atoms with Crippen LogP contribution in [0.1, 0.15) is 24.8 Å². The molecule has 0 amide bonds. The lowest BCUT2D eigenvalue weighted by Gasteiger charge is -2.25. The number of nitro benzene ring substituents is 1. The van der Waals surface area contributed by atoms with Gasteiger partial charge in [0.05, 0.1) is 16.4 Å². The lowest BCUT2D eigenvalue weighted by molar-refractivity contribution is -0.385. The second-order valence-electron chi connectivity index (χ2n) is 6.46. The van der Waals surface area contributed by atoms with E-state index in [1.54, 1.807) is 11.9 Å². The molecule has 1 fully saturated rings. The molecule has 1 aromatic carbocycles. The van der Waals surface area contributed by atoms with Crippen LogP contribution in [-0.4, -0.2) is 66.3 Å². The van der Waals surface area contributed by atoms with E-state index in [4.69, 9.17) is 5.11 Å². The van der Waals surface area contributed by atoms with E-state index in [9.17, 15) is 23.3 Å². The number of sulfonamides is 1. The lowest BCUT2D eigenvalue weighted by Crippen LogP contribution is -2.37. The normalized spacial score (nSPS) is 19.3. The maximum atomic E-state index is 13.0. The zero-order valence-corrected chi connectivity index (χ0v) is 15.6. The SMILES string of the molecule is Cc1c([N+](=O)[O-])cccc1S(=O)(=O)N1CCCC(N(C)CC(=O)O)CC1. The van der Waals surface area contributed by atoms with Crippen molar-refractivity contribution in [1.29, 1.82) is 0 Å². The molecule has 144 valence electrons. The highest BCUT2D eigenvalue weighted by atomic mass is 32.2. The van der Waals surface area contributed by atoms with E-state index < -0.39 is 20.9 Å². The fraction of sp³-hybridized carbons (Fsp3) is 0.562. The molecule has 0 aliphatic carbocycles. The first-order valence-corrected chi connectivity index (χ1v) is 9.74. The lowest BCUT2D eigenvalue weighted by atomic mass is 10.1. The molecule has 1 saturated heterocycles. The van der Waals surface area contributed by atoms with E-state index >= 15 is 0 Å². The van der Waals surface area contributed by atoms with Crippen LogP contribution in [0, 0.1) is 17.0 Å². The van der Waals surface area contributed by atoms with Crippen LogP contribution in [0.4, 0.5) is 5.69 Å². The summed E-state index contributed by atoms with van der Waals surface area (Å²) in [6, 6.07) is 4.03. The van der Waals surface area contributed by atoms with Crippen molar-refractivity contribution >= 4 is 21.7 Å². The van der Waals surface area contributed by atoms with Crippen LogP contribution in [0.5, 0.6) is 0 Å². The van der Waals surface area contributed by atoms with E-state index in [0.717, 1.165) is 0 Å². The Morgan fingerprint density at radius 1 is 1.38 bits per heavy atom. The largest absolute Gasteiger partial charge is 0.480 e. The van der Waals surface area contributed by atoms with E-state index in [2.05, 4.69) is 0 Å². The topological polar surface area (TPSA) is 121 Å². The van der Waals surface area contributed by atoms with Crippen LogP contribution < -0.4 is 0 Å². The number of benzene rings is 1. The number of rotatable bonds is 6. The van der Waals surface area contributed by atoms with Crippen LogP contribution in [0.15, 0.2) is 23.1 Å². The zero-order valence-electron chi connectivity index (χ0n) is 14.8. The molecule has 1 heterocycles. The second-order valence-corrected chi connectivity index (χ2v) is 8.36. The Morgan fingerprint density at radius 2 is 2.08 bits per heavy atom. The Hall–Kier alpha value is -2.04. The summed E-state index contributed by atoms with van der Waals surface area (Å²) in [4.78, 5) is 23.0. The fourth-order valence-corrected chi connectivity index (χ4v) is 5.03. The predicted molar refractivity (Wildman–Crippen MR) is 94.5 cm³/mol. The summed E-state index contributed by atoms with van der Waals surface area (Å²) < 4.78 is 27.3. The minimum atomic E-state index is -3.85. The van der Waals surface area contributed by atoms with Gasteiger partial charge in [-0.3, -0.25) is 19.8 Å². The number of carboxylic acids is 1. The molecular weight excluding hydrogens is 362 g/mol. The molecule has 1 unspecified atom stereocenters. The summed E-state index contributed by atoms with van der Waals surface area (Å²) >= 11 is 0. The van der Waals surface area contributed by atoms with Crippen molar-refractivity contribution in [3.63, 3.8) is 0 Å². The molecule has 1 atom stereocenters. The third kappa shape index (κ3) is 4.37. The van der Waals surface area contributed by atoms with Crippen molar-refractivity contribution in [2.75, 3.05) is 26.7 Å².